The standard InChI is InChI=1S/C14H21N3O3/c1-2-20-9-3-4-13(18)16-10-11-5-7-12(8-6-11)14(15)17-19/h5-8,19H,2-4,9-10H2,1H3,(H2,15,17)(H,16,18). The topological polar surface area (TPSA) is 96.9 Å². The number of amidine groups is 1. The van der Waals surface area contributed by atoms with Gasteiger partial charge >= 0.3 is 0 Å². The van der Waals surface area contributed by atoms with Crippen LogP contribution in [0.1, 0.15) is 30.9 Å². The first-order valence-electron chi connectivity index (χ1n) is 6.58. The van der Waals surface area contributed by atoms with E-state index in [1.165, 1.54) is 0 Å². The van der Waals surface area contributed by atoms with Gasteiger partial charge in [0, 0.05) is 31.7 Å². The quantitative estimate of drug-likeness (QED) is 0.219. The van der Waals surface area contributed by atoms with Gasteiger partial charge in [-0.1, -0.05) is 29.4 Å². The lowest BCUT2D eigenvalue weighted by Gasteiger charge is -2.06. The zero-order chi connectivity index (χ0) is 14.8. The van der Waals surface area contributed by atoms with Gasteiger partial charge in [0.2, 0.25) is 5.91 Å². The molecule has 0 aliphatic heterocycles. The van der Waals surface area contributed by atoms with Gasteiger partial charge in [-0.2, -0.15) is 0 Å². The van der Waals surface area contributed by atoms with Crippen molar-refractivity contribution >= 4 is 11.7 Å². The average Bonchev–Trinajstić information content (AvgIpc) is 2.49. The van der Waals surface area contributed by atoms with Crippen LogP contribution < -0.4 is 11.1 Å². The number of ether oxygens (including phenoxy) is 1. The van der Waals surface area contributed by atoms with E-state index in [0.29, 0.717) is 31.7 Å². The molecule has 1 aromatic rings. The van der Waals surface area contributed by atoms with Crippen molar-refractivity contribution in [1.29, 1.82) is 0 Å². The van der Waals surface area contributed by atoms with Gasteiger partial charge in [0.05, 0.1) is 0 Å². The van der Waals surface area contributed by atoms with Gasteiger partial charge in [-0.05, 0) is 18.9 Å². The molecular weight excluding hydrogens is 258 g/mol. The summed E-state index contributed by atoms with van der Waals surface area (Å²) in [5, 5.41) is 14.3. The van der Waals surface area contributed by atoms with E-state index in [0.717, 1.165) is 12.0 Å². The molecule has 0 aliphatic carbocycles. The van der Waals surface area contributed by atoms with Crippen molar-refractivity contribution in [2.45, 2.75) is 26.3 Å². The molecule has 20 heavy (non-hydrogen) atoms. The van der Waals surface area contributed by atoms with Gasteiger partial charge in [0.25, 0.3) is 0 Å². The molecule has 1 rings (SSSR count). The van der Waals surface area contributed by atoms with Crippen molar-refractivity contribution in [3.8, 4) is 0 Å². The Morgan fingerprint density at radius 1 is 1.40 bits per heavy atom. The third-order valence-corrected chi connectivity index (χ3v) is 2.74. The number of carbonyl (C=O) groups excluding carboxylic acids is 1. The maximum atomic E-state index is 11.6. The van der Waals surface area contributed by atoms with Crippen LogP contribution in [0.2, 0.25) is 0 Å². The second kappa shape index (κ2) is 8.92. The molecule has 0 aliphatic rings. The maximum Gasteiger partial charge on any atom is 0.220 e. The molecule has 0 aromatic heterocycles. The van der Waals surface area contributed by atoms with E-state index in [1.54, 1.807) is 12.1 Å². The number of nitrogens with zero attached hydrogens (tertiary/aromatic N) is 1. The van der Waals surface area contributed by atoms with Crippen molar-refractivity contribution in [3.63, 3.8) is 0 Å². The highest BCUT2D eigenvalue weighted by Crippen LogP contribution is 2.04. The summed E-state index contributed by atoms with van der Waals surface area (Å²) in [5.74, 6) is 0.0710. The Kier molecular flexibility index (Phi) is 7.13. The highest BCUT2D eigenvalue weighted by Gasteiger charge is 2.02. The highest BCUT2D eigenvalue weighted by molar-refractivity contribution is 5.96. The molecule has 0 saturated heterocycles. The largest absolute Gasteiger partial charge is 0.409 e. The number of hydrogen-bond donors (Lipinski definition) is 3. The molecule has 0 fully saturated rings. The summed E-state index contributed by atoms with van der Waals surface area (Å²) in [5.41, 5.74) is 7.06. The van der Waals surface area contributed by atoms with Crippen LogP contribution >= 0.6 is 0 Å². The molecule has 110 valence electrons. The second-order valence-electron chi connectivity index (χ2n) is 4.26. The minimum atomic E-state index is 0.00483. The van der Waals surface area contributed by atoms with Crippen molar-refractivity contribution in [2.24, 2.45) is 10.9 Å². The Bertz CT molecular complexity index is 443. The van der Waals surface area contributed by atoms with Crippen LogP contribution in [-0.4, -0.2) is 30.2 Å². The lowest BCUT2D eigenvalue weighted by Crippen LogP contribution is -2.23. The fourth-order valence-corrected chi connectivity index (χ4v) is 1.62. The fourth-order valence-electron chi connectivity index (χ4n) is 1.62. The number of amides is 1. The Labute approximate surface area is 118 Å². The Morgan fingerprint density at radius 3 is 2.70 bits per heavy atom. The first-order valence-corrected chi connectivity index (χ1v) is 6.58. The normalized spacial score (nSPS) is 11.3. The van der Waals surface area contributed by atoms with Gasteiger partial charge in [0.1, 0.15) is 0 Å². The van der Waals surface area contributed by atoms with Gasteiger partial charge in [0.15, 0.2) is 5.84 Å². The van der Waals surface area contributed by atoms with Gasteiger partial charge < -0.3 is 21.0 Å². The third kappa shape index (κ3) is 5.71. The summed E-state index contributed by atoms with van der Waals surface area (Å²) >= 11 is 0. The van der Waals surface area contributed by atoms with Crippen LogP contribution in [-0.2, 0) is 16.1 Å². The fraction of sp³-hybridized carbons (Fsp3) is 0.429. The van der Waals surface area contributed by atoms with E-state index in [2.05, 4.69) is 10.5 Å². The second-order valence-corrected chi connectivity index (χ2v) is 4.26. The molecule has 1 amide bonds. The number of carbonyl (C=O) groups is 1. The van der Waals surface area contributed by atoms with Crippen LogP contribution in [0.4, 0.5) is 0 Å². The van der Waals surface area contributed by atoms with Crippen molar-refractivity contribution in [1.82, 2.24) is 5.32 Å². The summed E-state index contributed by atoms with van der Waals surface area (Å²) in [6.45, 7) is 3.68. The zero-order valence-electron chi connectivity index (χ0n) is 11.6. The molecule has 0 radical (unpaired) electrons. The molecule has 0 bridgehead atoms. The number of oxime groups is 1. The number of hydrogen-bond acceptors (Lipinski definition) is 4. The lowest BCUT2D eigenvalue weighted by molar-refractivity contribution is -0.121. The maximum absolute atomic E-state index is 11.6. The van der Waals surface area contributed by atoms with E-state index < -0.39 is 0 Å². The third-order valence-electron chi connectivity index (χ3n) is 2.74. The molecule has 6 heteroatoms. The summed E-state index contributed by atoms with van der Waals surface area (Å²) in [6, 6.07) is 7.14. The van der Waals surface area contributed by atoms with E-state index in [1.807, 2.05) is 19.1 Å². The summed E-state index contributed by atoms with van der Waals surface area (Å²) < 4.78 is 5.17. The highest BCUT2D eigenvalue weighted by atomic mass is 16.5. The van der Waals surface area contributed by atoms with Gasteiger partial charge in [-0.25, -0.2) is 0 Å². The monoisotopic (exact) mass is 279 g/mol. The number of nitrogens with one attached hydrogen (secondary N) is 1. The Balaban J connectivity index is 2.33. The van der Waals surface area contributed by atoms with Crippen molar-refractivity contribution in [3.05, 3.63) is 35.4 Å². The van der Waals surface area contributed by atoms with Gasteiger partial charge in [-0.3, -0.25) is 4.79 Å². The van der Waals surface area contributed by atoms with Crippen molar-refractivity contribution < 1.29 is 14.7 Å². The predicted molar refractivity (Wildman–Crippen MR) is 76.5 cm³/mol. The lowest BCUT2D eigenvalue weighted by atomic mass is 10.1. The van der Waals surface area contributed by atoms with E-state index >= 15 is 0 Å². The smallest absolute Gasteiger partial charge is 0.220 e. The summed E-state index contributed by atoms with van der Waals surface area (Å²) in [7, 11) is 0. The molecule has 4 N–H and O–H groups in total. The molecule has 0 spiro atoms. The van der Waals surface area contributed by atoms with Crippen LogP contribution in [0, 0.1) is 0 Å². The SMILES string of the molecule is CCOCCCC(=O)NCc1ccc(/C(N)=N/O)cc1. The van der Waals surface area contributed by atoms with Crippen LogP contribution in [0.5, 0.6) is 0 Å². The molecule has 0 saturated carbocycles. The summed E-state index contributed by atoms with van der Waals surface area (Å²) in [6.07, 6.45) is 1.18. The Hall–Kier alpha value is -2.08. The predicted octanol–water partition coefficient (Wildman–Crippen LogP) is 1.21. The molecule has 6 nitrogen and oxygen atoms in total. The zero-order valence-corrected chi connectivity index (χ0v) is 11.6. The molecule has 0 heterocycles. The van der Waals surface area contributed by atoms with E-state index in [9.17, 15) is 4.79 Å². The van der Waals surface area contributed by atoms with Crippen LogP contribution in [0.3, 0.4) is 0 Å². The Morgan fingerprint density at radius 2 is 2.10 bits per heavy atom. The molecule has 0 unspecified atom stereocenters. The van der Waals surface area contributed by atoms with Crippen LogP contribution in [0.15, 0.2) is 29.4 Å². The minimum absolute atomic E-state index is 0.00483. The minimum Gasteiger partial charge on any atom is -0.409 e. The number of benzene rings is 1. The first-order chi connectivity index (χ1) is 9.67. The first kappa shape index (κ1) is 16.0. The molecule has 0 atom stereocenters. The summed E-state index contributed by atoms with van der Waals surface area (Å²) in [4.78, 5) is 11.6. The van der Waals surface area contributed by atoms with Crippen molar-refractivity contribution in [2.75, 3.05) is 13.2 Å². The van der Waals surface area contributed by atoms with E-state index in [-0.39, 0.29) is 11.7 Å². The van der Waals surface area contributed by atoms with E-state index in [4.69, 9.17) is 15.7 Å². The average molecular weight is 279 g/mol. The van der Waals surface area contributed by atoms with Crippen LogP contribution in [0.25, 0.3) is 0 Å². The molecular formula is C14H21N3O3. The molecule has 1 aromatic carbocycles. The number of nitrogens with two attached hydrogens (primary N) is 1. The number of rotatable bonds is 8. The van der Waals surface area contributed by atoms with Gasteiger partial charge in [-0.15, -0.1) is 0 Å².